The van der Waals surface area contributed by atoms with Gasteiger partial charge in [-0.3, -0.25) is 9.69 Å². The van der Waals surface area contributed by atoms with Crippen molar-refractivity contribution in [2.45, 2.75) is 77.9 Å². The molecule has 1 heterocycles. The van der Waals surface area contributed by atoms with Gasteiger partial charge in [0, 0.05) is 25.0 Å². The number of hydrogen-bond acceptors (Lipinski definition) is 3. The van der Waals surface area contributed by atoms with Gasteiger partial charge >= 0.3 is 0 Å². The molecule has 1 saturated heterocycles. The molecule has 4 fully saturated rings. The number of Topliss-reactive ketones (excluding diaryl/α,β-unsaturated/α-hetero) is 1. The Morgan fingerprint density at radius 2 is 1.96 bits per heavy atom. The average Bonchev–Trinajstić information content (AvgIpc) is 3.37. The Labute approximate surface area is 158 Å². The van der Waals surface area contributed by atoms with Crippen LogP contribution in [0.1, 0.15) is 65.7 Å². The lowest BCUT2D eigenvalue weighted by atomic mass is 9.47. The maximum atomic E-state index is 12.7. The van der Waals surface area contributed by atoms with E-state index in [-0.39, 0.29) is 17.4 Å². The molecular weight excluding hydrogens is 322 g/mol. The Hall–Kier alpha value is -0.670. The highest BCUT2D eigenvalue weighted by atomic mass is 16.3. The van der Waals surface area contributed by atoms with Crippen LogP contribution in [-0.4, -0.2) is 41.0 Å². The summed E-state index contributed by atoms with van der Waals surface area (Å²) >= 11 is 0. The van der Waals surface area contributed by atoms with Crippen molar-refractivity contribution in [1.82, 2.24) is 4.90 Å². The van der Waals surface area contributed by atoms with Gasteiger partial charge in [-0.15, -0.1) is 0 Å². The van der Waals surface area contributed by atoms with Crippen LogP contribution in [0.3, 0.4) is 0 Å². The molecule has 1 aliphatic heterocycles. The van der Waals surface area contributed by atoms with E-state index in [0.29, 0.717) is 23.2 Å². The Kier molecular flexibility index (Phi) is 3.80. The molecule has 0 unspecified atom stereocenters. The van der Waals surface area contributed by atoms with E-state index in [0.717, 1.165) is 31.1 Å². The van der Waals surface area contributed by atoms with Crippen LogP contribution < -0.4 is 0 Å². The van der Waals surface area contributed by atoms with E-state index in [4.69, 9.17) is 0 Å². The third-order valence-electron chi connectivity index (χ3n) is 9.49. The van der Waals surface area contributed by atoms with Gasteiger partial charge < -0.3 is 5.11 Å². The summed E-state index contributed by atoms with van der Waals surface area (Å²) in [6.45, 7) is 9.19. The van der Waals surface area contributed by atoms with Gasteiger partial charge in [-0.05, 0) is 80.5 Å². The van der Waals surface area contributed by atoms with Crippen LogP contribution in [0.25, 0.3) is 0 Å². The molecule has 0 spiro atoms. The first-order valence-corrected chi connectivity index (χ1v) is 11.0. The molecule has 26 heavy (non-hydrogen) atoms. The lowest BCUT2D eigenvalue weighted by Crippen LogP contribution is -2.51. The first-order chi connectivity index (χ1) is 12.3. The van der Waals surface area contributed by atoms with Gasteiger partial charge in [0.2, 0.25) is 0 Å². The number of carbonyl (C=O) groups excluding carboxylic acids is 1. The molecule has 1 N–H and O–H groups in total. The first-order valence-electron chi connectivity index (χ1n) is 11.0. The van der Waals surface area contributed by atoms with Gasteiger partial charge in [0.1, 0.15) is 5.78 Å². The van der Waals surface area contributed by atoms with E-state index in [1.807, 2.05) is 6.92 Å². The van der Waals surface area contributed by atoms with E-state index in [9.17, 15) is 9.90 Å². The molecule has 3 saturated carbocycles. The third kappa shape index (κ3) is 2.29. The molecule has 3 heteroatoms. The predicted octanol–water partition coefficient (Wildman–Crippen LogP) is 3.81. The molecule has 0 aromatic heterocycles. The molecule has 0 radical (unpaired) electrons. The maximum absolute atomic E-state index is 12.7. The lowest BCUT2D eigenvalue weighted by Gasteiger charge is -2.57. The van der Waals surface area contributed by atoms with E-state index >= 15 is 0 Å². The zero-order valence-corrected chi connectivity index (χ0v) is 16.7. The predicted molar refractivity (Wildman–Crippen MR) is 103 cm³/mol. The number of aliphatic hydroxyl groups is 1. The number of ketones is 1. The van der Waals surface area contributed by atoms with E-state index < -0.39 is 0 Å². The van der Waals surface area contributed by atoms with Gasteiger partial charge in [-0.2, -0.15) is 0 Å². The van der Waals surface area contributed by atoms with E-state index in [1.54, 1.807) is 5.57 Å². The quantitative estimate of drug-likeness (QED) is 0.603. The van der Waals surface area contributed by atoms with Crippen LogP contribution in [0.5, 0.6) is 0 Å². The van der Waals surface area contributed by atoms with Crippen LogP contribution in [0, 0.1) is 34.5 Å². The van der Waals surface area contributed by atoms with Gasteiger partial charge in [0.15, 0.2) is 0 Å². The fourth-order valence-corrected chi connectivity index (χ4v) is 8.14. The fourth-order valence-electron chi connectivity index (χ4n) is 8.14. The number of rotatable bonds is 2. The molecule has 4 aliphatic carbocycles. The molecule has 5 rings (SSSR count). The standard InChI is InChI=1S/C23H35NO2/c1-14(25)21-20(24-10-11-24)13-19-17-5-4-15-12-16(26)6-8-22(15,2)18(17)7-9-23(19,21)3/h4,16-21,26H,5-13H2,1-3H3/t16-,17-,18+,19+,20-,21+,22+,23+/m1/s1. The smallest absolute Gasteiger partial charge is 0.135 e. The number of fused-ring (bicyclic) bond motifs is 5. The van der Waals surface area contributed by atoms with Crippen molar-refractivity contribution in [2.75, 3.05) is 13.1 Å². The summed E-state index contributed by atoms with van der Waals surface area (Å²) in [5.74, 6) is 2.88. The largest absolute Gasteiger partial charge is 0.393 e. The minimum absolute atomic E-state index is 0.125. The number of aliphatic hydroxyl groups excluding tert-OH is 1. The molecule has 0 aromatic carbocycles. The van der Waals surface area contributed by atoms with Crippen molar-refractivity contribution in [3.05, 3.63) is 11.6 Å². The summed E-state index contributed by atoms with van der Waals surface area (Å²) in [4.78, 5) is 15.2. The van der Waals surface area contributed by atoms with Crippen LogP contribution in [0.4, 0.5) is 0 Å². The summed E-state index contributed by atoms with van der Waals surface area (Å²) in [5, 5.41) is 10.2. The highest BCUT2D eigenvalue weighted by molar-refractivity contribution is 5.80. The Morgan fingerprint density at radius 1 is 1.19 bits per heavy atom. The Morgan fingerprint density at radius 3 is 2.65 bits per heavy atom. The van der Waals surface area contributed by atoms with Gasteiger partial charge in [-0.1, -0.05) is 25.5 Å². The van der Waals surface area contributed by atoms with Crippen molar-refractivity contribution >= 4 is 5.78 Å². The van der Waals surface area contributed by atoms with Crippen molar-refractivity contribution in [3.63, 3.8) is 0 Å². The normalized spacial score (nSPS) is 53.3. The fraction of sp³-hybridized carbons (Fsp3) is 0.870. The minimum atomic E-state index is -0.125. The molecule has 5 aliphatic rings. The van der Waals surface area contributed by atoms with Gasteiger partial charge in [0.05, 0.1) is 6.10 Å². The van der Waals surface area contributed by atoms with Crippen LogP contribution >= 0.6 is 0 Å². The average molecular weight is 358 g/mol. The second kappa shape index (κ2) is 5.67. The van der Waals surface area contributed by atoms with Crippen LogP contribution in [0.2, 0.25) is 0 Å². The summed E-state index contributed by atoms with van der Waals surface area (Å²) in [6, 6.07) is 0.507. The molecule has 0 amide bonds. The Balaban J connectivity index is 1.50. The topological polar surface area (TPSA) is 40.3 Å². The molecule has 0 aromatic rings. The van der Waals surface area contributed by atoms with Crippen LogP contribution in [-0.2, 0) is 4.79 Å². The number of nitrogens with zero attached hydrogens (tertiary/aromatic N) is 1. The monoisotopic (exact) mass is 357 g/mol. The SMILES string of the molecule is CC(=O)[C@H]1[C@H](N2CC2)C[C@H]2[C@@H]3CC=C4C[C@H](O)CC[C@]4(C)[C@H]3CC[C@@]21C. The Bertz CT molecular complexity index is 653. The van der Waals surface area contributed by atoms with Crippen molar-refractivity contribution in [3.8, 4) is 0 Å². The zero-order chi connectivity index (χ0) is 18.3. The summed E-state index contributed by atoms with van der Waals surface area (Å²) < 4.78 is 0. The number of allylic oxidation sites excluding steroid dienone is 1. The lowest BCUT2D eigenvalue weighted by molar-refractivity contribution is -0.128. The maximum Gasteiger partial charge on any atom is 0.135 e. The second-order valence-corrected chi connectivity index (χ2v) is 10.6. The second-order valence-electron chi connectivity index (χ2n) is 10.6. The first kappa shape index (κ1) is 17.4. The zero-order valence-electron chi connectivity index (χ0n) is 16.7. The molecular formula is C23H35NO2. The van der Waals surface area contributed by atoms with Crippen molar-refractivity contribution in [2.24, 2.45) is 34.5 Å². The highest BCUT2D eigenvalue weighted by Gasteiger charge is 2.63. The summed E-state index contributed by atoms with van der Waals surface area (Å²) in [7, 11) is 0. The minimum Gasteiger partial charge on any atom is -0.393 e. The van der Waals surface area contributed by atoms with Gasteiger partial charge in [0.25, 0.3) is 0 Å². The molecule has 8 atom stereocenters. The van der Waals surface area contributed by atoms with Crippen LogP contribution in [0.15, 0.2) is 11.6 Å². The molecule has 144 valence electrons. The van der Waals surface area contributed by atoms with E-state index in [1.165, 1.54) is 38.8 Å². The van der Waals surface area contributed by atoms with Crippen molar-refractivity contribution < 1.29 is 9.90 Å². The van der Waals surface area contributed by atoms with Gasteiger partial charge in [-0.25, -0.2) is 0 Å². The number of carbonyl (C=O) groups is 1. The van der Waals surface area contributed by atoms with E-state index in [2.05, 4.69) is 24.8 Å². The third-order valence-corrected chi connectivity index (χ3v) is 9.49. The summed E-state index contributed by atoms with van der Waals surface area (Å²) in [6.07, 6.45) is 10.3. The summed E-state index contributed by atoms with van der Waals surface area (Å²) in [5.41, 5.74) is 2.05. The van der Waals surface area contributed by atoms with Crippen molar-refractivity contribution in [1.29, 1.82) is 0 Å². The molecule has 3 nitrogen and oxygen atoms in total. The number of hydrogen-bond donors (Lipinski definition) is 1. The highest BCUT2D eigenvalue weighted by Crippen LogP contribution is 2.67. The molecule has 0 bridgehead atoms.